The third-order valence-corrected chi connectivity index (χ3v) is 5.35. The summed E-state index contributed by atoms with van der Waals surface area (Å²) in [5.74, 6) is 3.81. The molecule has 0 radical (unpaired) electrons. The number of carbonyl (C=O) groups is 3. The molecule has 4 N–H and O–H groups in total. The number of hydrazone groups is 1. The quantitative estimate of drug-likeness (QED) is 0.210. The molecule has 8 nitrogen and oxygen atoms in total. The van der Waals surface area contributed by atoms with Gasteiger partial charge in [0.15, 0.2) is 0 Å². The molecular formula is C27H28N4O4. The second-order valence-corrected chi connectivity index (χ2v) is 8.89. The van der Waals surface area contributed by atoms with Gasteiger partial charge in [0.05, 0.1) is 30.3 Å². The smallest absolute Gasteiger partial charge is 0.337 e. The van der Waals surface area contributed by atoms with E-state index in [9.17, 15) is 14.4 Å². The summed E-state index contributed by atoms with van der Waals surface area (Å²) in [6.45, 7) is 6.28. The fourth-order valence-electron chi connectivity index (χ4n) is 3.32. The van der Waals surface area contributed by atoms with Crippen LogP contribution >= 0.6 is 0 Å². The SMILES string of the molecule is COC(=O)c1ccc(NC(=O)c2ccc(C=NN)cc2)c(NC(=O)c2ccc(C(C)(C)C)cc2)c1. The number of hydrogen-bond acceptors (Lipinski definition) is 6. The maximum atomic E-state index is 13.0. The number of hydrogen-bond donors (Lipinski definition) is 3. The molecule has 0 spiro atoms. The Morgan fingerprint density at radius 1 is 0.800 bits per heavy atom. The van der Waals surface area contributed by atoms with Gasteiger partial charge in [0, 0.05) is 11.1 Å². The Morgan fingerprint density at radius 2 is 1.31 bits per heavy atom. The van der Waals surface area contributed by atoms with Crippen LogP contribution in [0.5, 0.6) is 0 Å². The lowest BCUT2D eigenvalue weighted by Gasteiger charge is -2.19. The van der Waals surface area contributed by atoms with Crippen LogP contribution in [-0.4, -0.2) is 31.1 Å². The summed E-state index contributed by atoms with van der Waals surface area (Å²) in [5, 5.41) is 9.03. The normalized spacial score (nSPS) is 11.2. The summed E-state index contributed by atoms with van der Waals surface area (Å²) < 4.78 is 4.79. The van der Waals surface area contributed by atoms with Gasteiger partial charge in [-0.3, -0.25) is 9.59 Å². The highest BCUT2D eigenvalue weighted by atomic mass is 16.5. The summed E-state index contributed by atoms with van der Waals surface area (Å²) >= 11 is 0. The minimum absolute atomic E-state index is 0.0450. The molecule has 0 aromatic heterocycles. The molecule has 0 unspecified atom stereocenters. The van der Waals surface area contributed by atoms with E-state index in [2.05, 4.69) is 36.5 Å². The van der Waals surface area contributed by atoms with E-state index in [1.807, 2.05) is 12.1 Å². The van der Waals surface area contributed by atoms with Crippen molar-refractivity contribution in [3.8, 4) is 0 Å². The number of nitrogens with two attached hydrogens (primary N) is 1. The molecule has 0 aliphatic rings. The Bertz CT molecular complexity index is 1260. The highest BCUT2D eigenvalue weighted by Crippen LogP contribution is 2.26. The van der Waals surface area contributed by atoms with E-state index in [4.69, 9.17) is 10.6 Å². The number of carbonyl (C=O) groups excluding carboxylic acids is 3. The van der Waals surface area contributed by atoms with Crippen molar-refractivity contribution in [1.29, 1.82) is 0 Å². The van der Waals surface area contributed by atoms with Gasteiger partial charge in [0.2, 0.25) is 0 Å². The Balaban J connectivity index is 1.87. The summed E-state index contributed by atoms with van der Waals surface area (Å²) in [6, 6.07) is 18.5. The number of anilines is 2. The highest BCUT2D eigenvalue weighted by molar-refractivity contribution is 6.11. The molecule has 3 rings (SSSR count). The van der Waals surface area contributed by atoms with Crippen molar-refractivity contribution < 1.29 is 19.1 Å². The molecule has 0 aliphatic carbocycles. The summed E-state index contributed by atoms with van der Waals surface area (Å²) in [5.41, 5.74) is 3.45. The van der Waals surface area contributed by atoms with Gasteiger partial charge in [-0.25, -0.2) is 4.79 Å². The van der Waals surface area contributed by atoms with E-state index in [1.165, 1.54) is 31.5 Å². The molecule has 0 aliphatic heterocycles. The Labute approximate surface area is 204 Å². The third-order valence-electron chi connectivity index (χ3n) is 5.35. The lowest BCUT2D eigenvalue weighted by Crippen LogP contribution is -2.18. The largest absolute Gasteiger partial charge is 0.465 e. The molecule has 2 amide bonds. The topological polar surface area (TPSA) is 123 Å². The highest BCUT2D eigenvalue weighted by Gasteiger charge is 2.17. The van der Waals surface area contributed by atoms with Gasteiger partial charge in [-0.15, -0.1) is 0 Å². The van der Waals surface area contributed by atoms with Crippen molar-refractivity contribution in [2.24, 2.45) is 10.9 Å². The van der Waals surface area contributed by atoms with E-state index in [0.29, 0.717) is 16.8 Å². The number of esters is 1. The fourth-order valence-corrected chi connectivity index (χ4v) is 3.32. The number of rotatable bonds is 6. The van der Waals surface area contributed by atoms with Crippen LogP contribution in [0.25, 0.3) is 0 Å². The molecule has 0 heterocycles. The van der Waals surface area contributed by atoms with Gasteiger partial charge in [-0.05, 0) is 59.0 Å². The van der Waals surface area contributed by atoms with Gasteiger partial charge >= 0.3 is 5.97 Å². The van der Waals surface area contributed by atoms with E-state index in [0.717, 1.165) is 11.1 Å². The van der Waals surface area contributed by atoms with Crippen LogP contribution in [0.15, 0.2) is 71.8 Å². The van der Waals surface area contributed by atoms with Crippen LogP contribution in [0, 0.1) is 0 Å². The Morgan fingerprint density at radius 3 is 1.83 bits per heavy atom. The zero-order chi connectivity index (χ0) is 25.6. The molecule has 0 atom stereocenters. The molecule has 0 saturated carbocycles. The Kier molecular flexibility index (Phi) is 7.66. The van der Waals surface area contributed by atoms with Crippen LogP contribution in [0.3, 0.4) is 0 Å². The molecule has 0 fully saturated rings. The number of amides is 2. The molecule has 0 saturated heterocycles. The van der Waals surface area contributed by atoms with Crippen LogP contribution in [-0.2, 0) is 10.2 Å². The first-order valence-electron chi connectivity index (χ1n) is 10.9. The summed E-state index contributed by atoms with van der Waals surface area (Å²) in [6.07, 6.45) is 1.47. The molecule has 3 aromatic carbocycles. The van der Waals surface area contributed by atoms with Crippen molar-refractivity contribution >= 4 is 35.4 Å². The van der Waals surface area contributed by atoms with Crippen LogP contribution < -0.4 is 16.5 Å². The first-order chi connectivity index (χ1) is 16.6. The maximum Gasteiger partial charge on any atom is 0.337 e. The van der Waals surface area contributed by atoms with E-state index in [1.54, 1.807) is 36.4 Å². The standard InChI is InChI=1S/C27H28N4O4/c1-27(2,3)21-12-9-19(10-13-21)25(33)31-23-15-20(26(34)35-4)11-14-22(23)30-24(32)18-7-5-17(6-8-18)16-29-28/h5-16H,28H2,1-4H3,(H,30,32)(H,31,33). The van der Waals surface area contributed by atoms with E-state index in [-0.39, 0.29) is 22.6 Å². The third kappa shape index (κ3) is 6.32. The van der Waals surface area contributed by atoms with E-state index >= 15 is 0 Å². The summed E-state index contributed by atoms with van der Waals surface area (Å²) in [4.78, 5) is 37.8. The predicted molar refractivity (Wildman–Crippen MR) is 137 cm³/mol. The average Bonchev–Trinajstić information content (AvgIpc) is 2.84. The maximum absolute atomic E-state index is 13.0. The van der Waals surface area contributed by atoms with Crippen molar-refractivity contribution in [2.45, 2.75) is 26.2 Å². The first kappa shape index (κ1) is 25.2. The van der Waals surface area contributed by atoms with Gasteiger partial charge in [-0.1, -0.05) is 45.0 Å². The van der Waals surface area contributed by atoms with Gasteiger partial charge in [0.1, 0.15) is 0 Å². The predicted octanol–water partition coefficient (Wildman–Crippen LogP) is 4.57. The zero-order valence-corrected chi connectivity index (χ0v) is 20.1. The monoisotopic (exact) mass is 472 g/mol. The van der Waals surface area contributed by atoms with Crippen molar-refractivity contribution in [1.82, 2.24) is 0 Å². The molecule has 3 aromatic rings. The average molecular weight is 473 g/mol. The van der Waals surface area contributed by atoms with Crippen LogP contribution in [0.4, 0.5) is 11.4 Å². The van der Waals surface area contributed by atoms with Crippen molar-refractivity contribution in [3.05, 3.63) is 94.5 Å². The number of nitrogens with zero attached hydrogens (tertiary/aromatic N) is 1. The number of benzene rings is 3. The van der Waals surface area contributed by atoms with Crippen LogP contribution in [0.2, 0.25) is 0 Å². The molecule has 0 bridgehead atoms. The zero-order valence-electron chi connectivity index (χ0n) is 20.1. The lowest BCUT2D eigenvalue weighted by molar-refractivity contribution is 0.0600. The molecular weight excluding hydrogens is 444 g/mol. The van der Waals surface area contributed by atoms with E-state index < -0.39 is 11.9 Å². The molecule has 35 heavy (non-hydrogen) atoms. The Hall–Kier alpha value is -4.46. The van der Waals surface area contributed by atoms with Crippen molar-refractivity contribution in [2.75, 3.05) is 17.7 Å². The van der Waals surface area contributed by atoms with Crippen molar-refractivity contribution in [3.63, 3.8) is 0 Å². The van der Waals surface area contributed by atoms with Gasteiger partial charge in [0.25, 0.3) is 11.8 Å². The number of nitrogens with one attached hydrogen (secondary N) is 2. The number of methoxy groups -OCH3 is 1. The molecule has 180 valence electrons. The second-order valence-electron chi connectivity index (χ2n) is 8.89. The minimum Gasteiger partial charge on any atom is -0.465 e. The van der Waals surface area contributed by atoms with Gasteiger partial charge in [-0.2, -0.15) is 5.10 Å². The van der Waals surface area contributed by atoms with Gasteiger partial charge < -0.3 is 21.2 Å². The second kappa shape index (κ2) is 10.6. The minimum atomic E-state index is -0.565. The lowest BCUT2D eigenvalue weighted by atomic mass is 9.87. The summed E-state index contributed by atoms with van der Waals surface area (Å²) in [7, 11) is 1.27. The first-order valence-corrected chi connectivity index (χ1v) is 10.9. The van der Waals surface area contributed by atoms with Crippen LogP contribution in [0.1, 0.15) is 63.0 Å². The fraction of sp³-hybridized carbons (Fsp3) is 0.185. The molecule has 8 heteroatoms. The number of ether oxygens (including phenoxy) is 1.